The zero-order valence-corrected chi connectivity index (χ0v) is 25.7. The predicted molar refractivity (Wildman–Crippen MR) is 147 cm³/mol. The lowest BCUT2D eigenvalue weighted by atomic mass is 9.88. The highest BCUT2D eigenvalue weighted by Gasteiger charge is 2.59. The van der Waals surface area contributed by atoms with Gasteiger partial charge in [-0.2, -0.15) is 0 Å². The molecule has 0 aliphatic carbocycles. The van der Waals surface area contributed by atoms with Gasteiger partial charge in [0, 0.05) is 34.6 Å². The molecule has 0 aromatic heterocycles. The van der Waals surface area contributed by atoms with Gasteiger partial charge in [-0.1, -0.05) is 30.3 Å². The van der Waals surface area contributed by atoms with E-state index in [0.29, 0.717) is 5.56 Å². The van der Waals surface area contributed by atoms with Crippen molar-refractivity contribution in [1.82, 2.24) is 5.32 Å². The molecule has 0 saturated carbocycles. The summed E-state index contributed by atoms with van der Waals surface area (Å²) in [6.07, 6.45) is -7.07. The average molecular weight is 640 g/mol. The monoisotopic (exact) mass is 639 g/mol. The molecular formula is C29H37NO15. The Morgan fingerprint density at radius 3 is 2.07 bits per heavy atom. The largest absolute Gasteiger partial charge is 0.465 e. The Labute approximate surface area is 258 Å². The standard InChI is InChI=1S/C29H37NO15/c1-16(31)30-25-22(42-18(3)33)12-29(28(37)38-6,41-15-24(36)40-13-21-10-8-7-9-11-21)45-27(25)26(44-20(5)35)23(43-19(4)34)14-39-17(2)32/h7-11,22-23,25-27H,12-15H2,1-6H3,(H,30,31)/t22-,23+,25+,26+,27+,29+/m0/s1. The van der Waals surface area contributed by atoms with Crippen molar-refractivity contribution >= 4 is 41.7 Å². The Morgan fingerprint density at radius 1 is 0.889 bits per heavy atom. The molecule has 1 aliphatic rings. The van der Waals surface area contributed by atoms with Crippen molar-refractivity contribution in [3.05, 3.63) is 35.9 Å². The quantitative estimate of drug-likeness (QED) is 0.214. The number of methoxy groups -OCH3 is 1. The van der Waals surface area contributed by atoms with Gasteiger partial charge >= 0.3 is 35.8 Å². The highest BCUT2D eigenvalue weighted by Crippen LogP contribution is 2.37. The fourth-order valence-electron chi connectivity index (χ4n) is 4.50. The molecule has 1 N–H and O–H groups in total. The van der Waals surface area contributed by atoms with Crippen molar-refractivity contribution in [3.63, 3.8) is 0 Å². The number of ether oxygens (including phenoxy) is 8. The topological polar surface area (TPSA) is 205 Å². The van der Waals surface area contributed by atoms with E-state index in [0.717, 1.165) is 41.7 Å². The number of nitrogens with one attached hydrogen (secondary N) is 1. The summed E-state index contributed by atoms with van der Waals surface area (Å²) in [4.78, 5) is 86.3. The van der Waals surface area contributed by atoms with Gasteiger partial charge in [-0.25, -0.2) is 9.59 Å². The van der Waals surface area contributed by atoms with E-state index in [9.17, 15) is 33.6 Å². The lowest BCUT2D eigenvalue weighted by Crippen LogP contribution is -2.69. The summed E-state index contributed by atoms with van der Waals surface area (Å²) in [5.74, 6) is -8.76. The molecule has 1 amide bonds. The lowest BCUT2D eigenvalue weighted by Gasteiger charge is -2.48. The Hall–Kier alpha value is -4.57. The number of rotatable bonds is 14. The number of carbonyl (C=O) groups excluding carboxylic acids is 7. The number of benzene rings is 1. The van der Waals surface area contributed by atoms with Crippen molar-refractivity contribution in [2.24, 2.45) is 0 Å². The van der Waals surface area contributed by atoms with Crippen LogP contribution in [0.25, 0.3) is 0 Å². The highest BCUT2D eigenvalue weighted by molar-refractivity contribution is 5.80. The Balaban J connectivity index is 2.59. The van der Waals surface area contributed by atoms with E-state index in [2.05, 4.69) is 5.32 Å². The van der Waals surface area contributed by atoms with Crippen molar-refractivity contribution < 1.29 is 71.5 Å². The molecule has 16 heteroatoms. The van der Waals surface area contributed by atoms with Gasteiger partial charge in [0.1, 0.15) is 32.0 Å². The molecule has 0 unspecified atom stereocenters. The first-order valence-electron chi connectivity index (χ1n) is 13.7. The molecule has 0 bridgehead atoms. The van der Waals surface area contributed by atoms with Crippen LogP contribution in [0.15, 0.2) is 30.3 Å². The van der Waals surface area contributed by atoms with Crippen LogP contribution in [0.5, 0.6) is 0 Å². The molecule has 1 aliphatic heterocycles. The smallest absolute Gasteiger partial charge is 0.366 e. The van der Waals surface area contributed by atoms with Gasteiger partial charge in [-0.3, -0.25) is 24.0 Å². The zero-order chi connectivity index (χ0) is 33.7. The summed E-state index contributed by atoms with van der Waals surface area (Å²) in [6.45, 7) is 3.66. The third-order valence-corrected chi connectivity index (χ3v) is 6.16. The summed E-state index contributed by atoms with van der Waals surface area (Å²) in [7, 11) is 0.992. The van der Waals surface area contributed by atoms with Crippen LogP contribution in [0.1, 0.15) is 46.6 Å². The van der Waals surface area contributed by atoms with Crippen molar-refractivity contribution in [2.75, 3.05) is 20.3 Å². The molecule has 45 heavy (non-hydrogen) atoms. The highest BCUT2D eigenvalue weighted by atomic mass is 16.7. The van der Waals surface area contributed by atoms with E-state index >= 15 is 0 Å². The minimum absolute atomic E-state index is 0.118. The van der Waals surface area contributed by atoms with Crippen LogP contribution >= 0.6 is 0 Å². The molecular weight excluding hydrogens is 602 g/mol. The summed E-state index contributed by atoms with van der Waals surface area (Å²) in [5, 5.41) is 2.53. The molecule has 16 nitrogen and oxygen atoms in total. The predicted octanol–water partition coefficient (Wildman–Crippen LogP) is 0.268. The Bertz CT molecular complexity index is 1240. The van der Waals surface area contributed by atoms with Gasteiger partial charge < -0.3 is 43.2 Å². The van der Waals surface area contributed by atoms with Gasteiger partial charge in [0.05, 0.1) is 19.6 Å². The van der Waals surface area contributed by atoms with E-state index < -0.39 is 97.6 Å². The van der Waals surface area contributed by atoms with Gasteiger partial charge in [0.15, 0.2) is 12.2 Å². The van der Waals surface area contributed by atoms with Crippen LogP contribution in [0.2, 0.25) is 0 Å². The van der Waals surface area contributed by atoms with Gasteiger partial charge in [-0.15, -0.1) is 0 Å². The number of hydrogen-bond donors (Lipinski definition) is 1. The molecule has 2 rings (SSSR count). The minimum Gasteiger partial charge on any atom is -0.465 e. The van der Waals surface area contributed by atoms with E-state index in [-0.39, 0.29) is 6.61 Å². The summed E-state index contributed by atoms with van der Waals surface area (Å²) in [6, 6.07) is 7.32. The first-order chi connectivity index (χ1) is 21.2. The molecule has 0 spiro atoms. The van der Waals surface area contributed by atoms with E-state index in [1.807, 2.05) is 0 Å². The minimum atomic E-state index is -2.53. The second-order valence-electron chi connectivity index (χ2n) is 9.86. The molecule has 1 aromatic carbocycles. The first-order valence-corrected chi connectivity index (χ1v) is 13.7. The van der Waals surface area contributed by atoms with E-state index in [1.54, 1.807) is 30.3 Å². The summed E-state index contributed by atoms with van der Waals surface area (Å²) >= 11 is 0. The van der Waals surface area contributed by atoms with Crippen LogP contribution < -0.4 is 5.32 Å². The second kappa shape index (κ2) is 17.1. The fraction of sp³-hybridized carbons (Fsp3) is 0.552. The Kier molecular flexibility index (Phi) is 13.9. The zero-order valence-electron chi connectivity index (χ0n) is 25.7. The van der Waals surface area contributed by atoms with E-state index in [4.69, 9.17) is 37.9 Å². The van der Waals surface area contributed by atoms with Crippen molar-refractivity contribution in [2.45, 2.75) is 83.9 Å². The fourth-order valence-corrected chi connectivity index (χ4v) is 4.50. The lowest BCUT2D eigenvalue weighted by molar-refractivity contribution is -0.313. The molecule has 1 heterocycles. The first kappa shape index (κ1) is 36.6. The molecule has 6 atom stereocenters. The summed E-state index contributed by atoms with van der Waals surface area (Å²) in [5.41, 5.74) is 0.670. The average Bonchev–Trinajstić information content (AvgIpc) is 2.96. The normalized spacial score (nSPS) is 22.0. The third kappa shape index (κ3) is 11.5. The maximum absolute atomic E-state index is 13.3. The van der Waals surface area contributed by atoms with E-state index in [1.165, 1.54) is 0 Å². The van der Waals surface area contributed by atoms with Crippen LogP contribution in [0.4, 0.5) is 0 Å². The maximum atomic E-state index is 13.3. The maximum Gasteiger partial charge on any atom is 0.366 e. The number of esters is 6. The molecule has 248 valence electrons. The molecule has 1 saturated heterocycles. The number of carbonyl (C=O) groups is 7. The molecule has 0 radical (unpaired) electrons. The summed E-state index contributed by atoms with van der Waals surface area (Å²) < 4.78 is 43.1. The van der Waals surface area contributed by atoms with Crippen molar-refractivity contribution in [1.29, 1.82) is 0 Å². The van der Waals surface area contributed by atoms with Crippen LogP contribution in [0, 0.1) is 0 Å². The molecule has 1 aromatic rings. The SMILES string of the molecule is COC(=O)[C@@]1(OCC(=O)OCc2ccccc2)C[C@H](OC(C)=O)[C@@H](NC(C)=O)[C@H]([C@H](OC(C)=O)[C@@H](COC(C)=O)OC(C)=O)O1. The van der Waals surface area contributed by atoms with Gasteiger partial charge in [-0.05, 0) is 5.56 Å². The van der Waals surface area contributed by atoms with Gasteiger partial charge in [0.2, 0.25) is 5.91 Å². The van der Waals surface area contributed by atoms with Crippen LogP contribution in [-0.4, -0.2) is 98.3 Å². The van der Waals surface area contributed by atoms with Gasteiger partial charge in [0.25, 0.3) is 5.79 Å². The molecule has 1 fully saturated rings. The second-order valence-corrected chi connectivity index (χ2v) is 9.86. The van der Waals surface area contributed by atoms with Crippen LogP contribution in [-0.2, 0) is 78.1 Å². The Morgan fingerprint density at radius 2 is 1.53 bits per heavy atom. The van der Waals surface area contributed by atoms with Crippen molar-refractivity contribution in [3.8, 4) is 0 Å². The number of hydrogen-bond acceptors (Lipinski definition) is 15. The number of amides is 1. The van der Waals surface area contributed by atoms with Crippen LogP contribution in [0.3, 0.4) is 0 Å². The third-order valence-electron chi connectivity index (χ3n) is 6.16.